The van der Waals surface area contributed by atoms with Gasteiger partial charge in [0.05, 0.1) is 6.10 Å². The number of nitrogens with one attached hydrogen (secondary N) is 1. The Morgan fingerprint density at radius 1 is 1.21 bits per heavy atom. The molecule has 0 bridgehead atoms. The molecule has 0 aromatic carbocycles. The number of imide groups is 1. The minimum atomic E-state index is -0.641. The van der Waals surface area contributed by atoms with Gasteiger partial charge in [0, 0.05) is 13.1 Å². The standard InChI is InChI=1S/C9H18N2O3/c1-6(2)10-8(12)11(5)9(13)14-7(3)4/h6-7H,1-5H3,(H,10,12). The van der Waals surface area contributed by atoms with Crippen molar-refractivity contribution in [1.82, 2.24) is 10.2 Å². The zero-order valence-corrected chi connectivity index (χ0v) is 9.33. The highest BCUT2D eigenvalue weighted by Crippen LogP contribution is 1.96. The average Bonchev–Trinajstić information content (AvgIpc) is 2.00. The van der Waals surface area contributed by atoms with Gasteiger partial charge in [-0.25, -0.2) is 14.5 Å². The van der Waals surface area contributed by atoms with E-state index in [1.54, 1.807) is 13.8 Å². The number of urea groups is 1. The van der Waals surface area contributed by atoms with Crippen LogP contribution >= 0.6 is 0 Å². The van der Waals surface area contributed by atoms with E-state index in [0.717, 1.165) is 4.90 Å². The topological polar surface area (TPSA) is 58.6 Å². The SMILES string of the molecule is CC(C)NC(=O)N(C)C(=O)OC(C)C. The van der Waals surface area contributed by atoms with Gasteiger partial charge in [-0.05, 0) is 27.7 Å². The van der Waals surface area contributed by atoms with E-state index in [-0.39, 0.29) is 12.1 Å². The Morgan fingerprint density at radius 2 is 1.71 bits per heavy atom. The molecule has 0 unspecified atom stereocenters. The van der Waals surface area contributed by atoms with E-state index in [1.807, 2.05) is 13.8 Å². The van der Waals surface area contributed by atoms with Crippen LogP contribution in [0.3, 0.4) is 0 Å². The van der Waals surface area contributed by atoms with Crippen molar-refractivity contribution in [2.24, 2.45) is 0 Å². The molecule has 0 aliphatic rings. The van der Waals surface area contributed by atoms with Crippen LogP contribution < -0.4 is 5.32 Å². The van der Waals surface area contributed by atoms with Gasteiger partial charge in [0.25, 0.3) is 0 Å². The molecule has 0 aromatic heterocycles. The average molecular weight is 202 g/mol. The monoisotopic (exact) mass is 202 g/mol. The number of amides is 3. The predicted molar refractivity (Wildman–Crippen MR) is 53.0 cm³/mol. The highest BCUT2D eigenvalue weighted by Gasteiger charge is 2.19. The van der Waals surface area contributed by atoms with Crippen LogP contribution in [0.15, 0.2) is 0 Å². The molecule has 0 saturated heterocycles. The molecular formula is C9H18N2O3. The van der Waals surface area contributed by atoms with Gasteiger partial charge in [-0.1, -0.05) is 0 Å². The van der Waals surface area contributed by atoms with Crippen molar-refractivity contribution < 1.29 is 14.3 Å². The molecule has 0 radical (unpaired) electrons. The molecule has 5 nitrogen and oxygen atoms in total. The first-order valence-electron chi connectivity index (χ1n) is 4.59. The van der Waals surface area contributed by atoms with Crippen molar-refractivity contribution in [1.29, 1.82) is 0 Å². The summed E-state index contributed by atoms with van der Waals surface area (Å²) < 4.78 is 4.84. The van der Waals surface area contributed by atoms with Crippen molar-refractivity contribution in [2.45, 2.75) is 39.8 Å². The fourth-order valence-corrected chi connectivity index (χ4v) is 0.707. The molecule has 0 heterocycles. The van der Waals surface area contributed by atoms with Gasteiger partial charge in [-0.2, -0.15) is 0 Å². The first-order valence-corrected chi connectivity index (χ1v) is 4.59. The van der Waals surface area contributed by atoms with Gasteiger partial charge < -0.3 is 10.1 Å². The van der Waals surface area contributed by atoms with E-state index >= 15 is 0 Å². The summed E-state index contributed by atoms with van der Waals surface area (Å²) in [5.74, 6) is 0. The molecule has 14 heavy (non-hydrogen) atoms. The van der Waals surface area contributed by atoms with Crippen molar-refractivity contribution in [3.05, 3.63) is 0 Å². The summed E-state index contributed by atoms with van der Waals surface area (Å²) in [6, 6.07) is -0.456. The fourth-order valence-electron chi connectivity index (χ4n) is 0.707. The highest BCUT2D eigenvalue weighted by atomic mass is 16.6. The molecule has 0 fully saturated rings. The minimum absolute atomic E-state index is 0.00296. The molecule has 0 rings (SSSR count). The first-order chi connectivity index (χ1) is 6.34. The van der Waals surface area contributed by atoms with Crippen LogP contribution in [-0.4, -0.2) is 36.2 Å². The molecule has 3 amide bonds. The first kappa shape index (κ1) is 12.7. The summed E-state index contributed by atoms with van der Waals surface area (Å²) in [7, 11) is 1.38. The number of hydrogen-bond acceptors (Lipinski definition) is 3. The van der Waals surface area contributed by atoms with Gasteiger partial charge in [0.15, 0.2) is 0 Å². The van der Waals surface area contributed by atoms with Gasteiger partial charge >= 0.3 is 12.1 Å². The largest absolute Gasteiger partial charge is 0.446 e. The van der Waals surface area contributed by atoms with E-state index in [2.05, 4.69) is 5.32 Å². The van der Waals surface area contributed by atoms with Gasteiger partial charge in [0.2, 0.25) is 0 Å². The zero-order valence-electron chi connectivity index (χ0n) is 9.33. The molecule has 0 aliphatic carbocycles. The Bertz CT molecular complexity index is 192. The van der Waals surface area contributed by atoms with Crippen LogP contribution in [0, 0.1) is 0 Å². The Hall–Kier alpha value is -1.26. The third-order valence-electron chi connectivity index (χ3n) is 1.33. The normalized spacial score (nSPS) is 10.2. The maximum Gasteiger partial charge on any atom is 0.417 e. The number of carbonyl (C=O) groups excluding carboxylic acids is 2. The summed E-state index contributed by atoms with van der Waals surface area (Å²) >= 11 is 0. The maximum atomic E-state index is 11.3. The lowest BCUT2D eigenvalue weighted by atomic mass is 10.4. The Kier molecular flexibility index (Phi) is 4.97. The number of rotatable bonds is 2. The van der Waals surface area contributed by atoms with Crippen LogP contribution in [-0.2, 0) is 4.74 Å². The number of ether oxygens (including phenoxy) is 1. The van der Waals surface area contributed by atoms with Gasteiger partial charge in [0.1, 0.15) is 0 Å². The lowest BCUT2D eigenvalue weighted by Gasteiger charge is -2.18. The number of carbonyl (C=O) groups is 2. The second-order valence-electron chi connectivity index (χ2n) is 3.60. The summed E-state index contributed by atoms with van der Waals surface area (Å²) in [6.45, 7) is 7.09. The summed E-state index contributed by atoms with van der Waals surface area (Å²) in [6.07, 6.45) is -0.866. The summed E-state index contributed by atoms with van der Waals surface area (Å²) in [5.41, 5.74) is 0. The Balaban J connectivity index is 4.11. The lowest BCUT2D eigenvalue weighted by Crippen LogP contribution is -2.44. The van der Waals surface area contributed by atoms with E-state index in [4.69, 9.17) is 4.74 Å². The lowest BCUT2D eigenvalue weighted by molar-refractivity contribution is 0.0903. The summed E-state index contributed by atoms with van der Waals surface area (Å²) in [5, 5.41) is 2.58. The molecule has 0 spiro atoms. The number of hydrogen-bond donors (Lipinski definition) is 1. The smallest absolute Gasteiger partial charge is 0.417 e. The highest BCUT2D eigenvalue weighted by molar-refractivity contribution is 5.90. The zero-order chi connectivity index (χ0) is 11.3. The molecule has 0 saturated carbocycles. The van der Waals surface area contributed by atoms with Gasteiger partial charge in [-0.15, -0.1) is 0 Å². The van der Waals surface area contributed by atoms with Crippen molar-refractivity contribution in [2.75, 3.05) is 7.05 Å². The van der Waals surface area contributed by atoms with Crippen LogP contribution in [0.4, 0.5) is 9.59 Å². The quantitative estimate of drug-likeness (QED) is 0.739. The van der Waals surface area contributed by atoms with E-state index in [0.29, 0.717) is 0 Å². The molecule has 0 aliphatic heterocycles. The van der Waals surface area contributed by atoms with E-state index in [9.17, 15) is 9.59 Å². The van der Waals surface area contributed by atoms with Crippen LogP contribution in [0.5, 0.6) is 0 Å². The van der Waals surface area contributed by atoms with Crippen LogP contribution in [0.1, 0.15) is 27.7 Å². The molecule has 0 aromatic rings. The third kappa shape index (κ3) is 4.69. The molecular weight excluding hydrogens is 184 g/mol. The fraction of sp³-hybridized carbons (Fsp3) is 0.778. The predicted octanol–water partition coefficient (Wildman–Crippen LogP) is 1.58. The van der Waals surface area contributed by atoms with Gasteiger partial charge in [-0.3, -0.25) is 0 Å². The second kappa shape index (κ2) is 5.47. The maximum absolute atomic E-state index is 11.3. The second-order valence-corrected chi connectivity index (χ2v) is 3.60. The third-order valence-corrected chi connectivity index (χ3v) is 1.33. The van der Waals surface area contributed by atoms with E-state index in [1.165, 1.54) is 7.05 Å². The van der Waals surface area contributed by atoms with Crippen LogP contribution in [0.2, 0.25) is 0 Å². The summed E-state index contributed by atoms with van der Waals surface area (Å²) in [4.78, 5) is 23.4. The number of nitrogens with zero attached hydrogens (tertiary/aromatic N) is 1. The van der Waals surface area contributed by atoms with E-state index < -0.39 is 12.1 Å². The molecule has 0 atom stereocenters. The minimum Gasteiger partial charge on any atom is -0.446 e. The Labute approximate surface area is 84.4 Å². The van der Waals surface area contributed by atoms with Crippen molar-refractivity contribution in [3.8, 4) is 0 Å². The van der Waals surface area contributed by atoms with Crippen LogP contribution in [0.25, 0.3) is 0 Å². The van der Waals surface area contributed by atoms with Crippen molar-refractivity contribution in [3.63, 3.8) is 0 Å². The van der Waals surface area contributed by atoms with Crippen molar-refractivity contribution >= 4 is 12.1 Å². The Morgan fingerprint density at radius 3 is 2.07 bits per heavy atom. The molecule has 82 valence electrons. The molecule has 1 N–H and O–H groups in total. The molecule has 5 heteroatoms.